The van der Waals surface area contributed by atoms with Crippen molar-refractivity contribution in [2.24, 2.45) is 0 Å². The van der Waals surface area contributed by atoms with E-state index in [-0.39, 0.29) is 5.69 Å². The Labute approximate surface area is 340 Å². The zero-order valence-corrected chi connectivity index (χ0v) is 33.1. The monoisotopic (exact) mass is 786 g/mol. The van der Waals surface area contributed by atoms with Crippen LogP contribution in [0.25, 0.3) is 44.1 Å². The van der Waals surface area contributed by atoms with Gasteiger partial charge in [0.1, 0.15) is 17.0 Å². The summed E-state index contributed by atoms with van der Waals surface area (Å²) in [6.07, 6.45) is 5.92. The second-order valence-electron chi connectivity index (χ2n) is 14.4. The molecule has 0 aliphatic rings. The van der Waals surface area contributed by atoms with Crippen LogP contribution in [0, 0.1) is 0 Å². The molecule has 8 aromatic rings. The van der Waals surface area contributed by atoms with Gasteiger partial charge in [-0.3, -0.25) is 9.97 Å². The second kappa shape index (κ2) is 17.2. The predicted octanol–water partition coefficient (Wildman–Crippen LogP) is 10.8. The topological polar surface area (TPSA) is 149 Å². The SMILES string of the molecule is COC(=O)c1cc2c(Nc3ccc(-c4ccccc4)cc3)cncc2[nH]1.COC(=O)c1cc2c(Nc3ccc(-c4ccccc4)cc3)cncc2n1C(=O)OC(C)(C)C. The highest BCUT2D eigenvalue weighted by atomic mass is 16.6. The number of hydrogen-bond acceptors (Lipinski definition) is 10. The molecular formula is C47H42N6O6. The van der Waals surface area contributed by atoms with Crippen LogP contribution in [0.2, 0.25) is 0 Å². The molecule has 8 rings (SSSR count). The van der Waals surface area contributed by atoms with Crippen molar-refractivity contribution in [1.82, 2.24) is 19.5 Å². The number of aromatic amines is 1. The van der Waals surface area contributed by atoms with Gasteiger partial charge in [-0.2, -0.15) is 0 Å². The van der Waals surface area contributed by atoms with Gasteiger partial charge < -0.3 is 29.8 Å². The molecule has 0 radical (unpaired) electrons. The van der Waals surface area contributed by atoms with Gasteiger partial charge in [0.25, 0.3) is 0 Å². The normalized spacial score (nSPS) is 11.0. The van der Waals surface area contributed by atoms with E-state index in [1.54, 1.807) is 51.5 Å². The maximum absolute atomic E-state index is 12.9. The standard InChI is InChI=1S/C26H25N3O4.C21H17N3O2/c1-26(2,3)33-25(31)29-22(24(30)32-4)14-20-21(15-27-16-23(20)29)28-19-12-10-18(11-13-19)17-8-6-5-7-9-17;1-26-21(25)18-11-17-19(12-22-13-20(17)24-18)23-16-9-7-15(8-10-16)14-5-3-2-4-6-14/h5-16,28H,1-4H3;2-13,23-24H,1H3. The summed E-state index contributed by atoms with van der Waals surface area (Å²) in [5.74, 6) is -1.05. The number of carbonyl (C=O) groups is 3. The van der Waals surface area contributed by atoms with Crippen LogP contribution in [0.5, 0.6) is 0 Å². The molecule has 296 valence electrons. The third-order valence-electron chi connectivity index (χ3n) is 9.19. The molecule has 0 fully saturated rings. The lowest BCUT2D eigenvalue weighted by Crippen LogP contribution is -2.29. The summed E-state index contributed by atoms with van der Waals surface area (Å²) >= 11 is 0. The third-order valence-corrected chi connectivity index (χ3v) is 9.19. The number of benzene rings is 4. The number of nitrogens with zero attached hydrogens (tertiary/aromatic N) is 3. The minimum Gasteiger partial charge on any atom is -0.464 e. The number of nitrogens with one attached hydrogen (secondary N) is 3. The molecule has 59 heavy (non-hydrogen) atoms. The van der Waals surface area contributed by atoms with Crippen molar-refractivity contribution < 1.29 is 28.6 Å². The van der Waals surface area contributed by atoms with E-state index in [9.17, 15) is 14.4 Å². The second-order valence-corrected chi connectivity index (χ2v) is 14.4. The largest absolute Gasteiger partial charge is 0.464 e. The lowest BCUT2D eigenvalue weighted by molar-refractivity contribution is 0.0489. The molecule has 0 unspecified atom stereocenters. The Morgan fingerprint density at radius 3 is 1.59 bits per heavy atom. The fraction of sp³-hybridized carbons (Fsp3) is 0.128. The van der Waals surface area contributed by atoms with Crippen LogP contribution >= 0.6 is 0 Å². The zero-order valence-electron chi connectivity index (χ0n) is 33.1. The van der Waals surface area contributed by atoms with Gasteiger partial charge in [-0.1, -0.05) is 84.9 Å². The van der Waals surface area contributed by atoms with Crippen molar-refractivity contribution in [3.63, 3.8) is 0 Å². The lowest BCUT2D eigenvalue weighted by Gasteiger charge is -2.20. The summed E-state index contributed by atoms with van der Waals surface area (Å²) in [7, 11) is 2.63. The van der Waals surface area contributed by atoms with Crippen molar-refractivity contribution in [1.29, 1.82) is 0 Å². The number of rotatable bonds is 8. The van der Waals surface area contributed by atoms with Gasteiger partial charge in [-0.15, -0.1) is 0 Å². The van der Waals surface area contributed by atoms with Crippen LogP contribution in [0.1, 0.15) is 41.7 Å². The Kier molecular flexibility index (Phi) is 11.5. The lowest BCUT2D eigenvalue weighted by atomic mass is 10.1. The minimum atomic E-state index is -0.731. The molecule has 4 aromatic heterocycles. The Balaban J connectivity index is 0.000000184. The predicted molar refractivity (Wildman–Crippen MR) is 230 cm³/mol. The summed E-state index contributed by atoms with van der Waals surface area (Å²) in [5, 5.41) is 8.22. The molecule has 0 saturated carbocycles. The molecule has 4 aromatic carbocycles. The van der Waals surface area contributed by atoms with Crippen molar-refractivity contribution in [2.45, 2.75) is 26.4 Å². The highest BCUT2D eigenvalue weighted by molar-refractivity contribution is 6.05. The summed E-state index contributed by atoms with van der Waals surface area (Å²) in [6, 6.07) is 39.9. The van der Waals surface area contributed by atoms with E-state index < -0.39 is 23.6 Å². The molecule has 0 amide bonds. The Morgan fingerprint density at radius 1 is 0.593 bits per heavy atom. The average Bonchev–Trinajstić information content (AvgIpc) is 3.88. The molecule has 0 bridgehead atoms. The van der Waals surface area contributed by atoms with Crippen LogP contribution in [0.3, 0.4) is 0 Å². The number of hydrogen-bond donors (Lipinski definition) is 3. The average molecular weight is 787 g/mol. The smallest absolute Gasteiger partial charge is 0.419 e. The van der Waals surface area contributed by atoms with Gasteiger partial charge in [0.05, 0.1) is 61.4 Å². The number of anilines is 4. The minimum absolute atomic E-state index is 0.0669. The Bertz CT molecular complexity index is 2740. The molecule has 12 heteroatoms. The summed E-state index contributed by atoms with van der Waals surface area (Å²) in [4.78, 5) is 48.6. The van der Waals surface area contributed by atoms with Gasteiger partial charge in [0, 0.05) is 22.1 Å². The van der Waals surface area contributed by atoms with E-state index in [1.807, 2.05) is 72.8 Å². The molecule has 3 N–H and O–H groups in total. The molecular weight excluding hydrogens is 745 g/mol. The number of esters is 2. The van der Waals surface area contributed by atoms with Crippen molar-refractivity contribution in [3.05, 3.63) is 158 Å². The van der Waals surface area contributed by atoms with E-state index >= 15 is 0 Å². The quantitative estimate of drug-likeness (QED) is 0.100. The highest BCUT2D eigenvalue weighted by Crippen LogP contribution is 2.32. The van der Waals surface area contributed by atoms with Gasteiger partial charge in [0.15, 0.2) is 0 Å². The maximum atomic E-state index is 12.9. The zero-order chi connectivity index (χ0) is 41.5. The highest BCUT2D eigenvalue weighted by Gasteiger charge is 2.27. The molecule has 0 saturated heterocycles. The first-order chi connectivity index (χ1) is 28.5. The molecule has 0 aliphatic carbocycles. The molecule has 0 aliphatic heterocycles. The molecule has 12 nitrogen and oxygen atoms in total. The van der Waals surface area contributed by atoms with E-state index in [0.29, 0.717) is 22.3 Å². The van der Waals surface area contributed by atoms with Crippen LogP contribution in [-0.2, 0) is 14.2 Å². The van der Waals surface area contributed by atoms with Crippen LogP contribution < -0.4 is 10.6 Å². The maximum Gasteiger partial charge on any atom is 0.419 e. The Hall–Kier alpha value is -7.73. The van der Waals surface area contributed by atoms with Crippen LogP contribution in [0.4, 0.5) is 27.5 Å². The van der Waals surface area contributed by atoms with E-state index in [4.69, 9.17) is 14.2 Å². The van der Waals surface area contributed by atoms with Gasteiger partial charge in [0.2, 0.25) is 0 Å². The summed E-state index contributed by atoms with van der Waals surface area (Å²) < 4.78 is 16.4. The number of carbonyl (C=O) groups excluding carboxylic acids is 3. The van der Waals surface area contributed by atoms with Gasteiger partial charge >= 0.3 is 18.0 Å². The van der Waals surface area contributed by atoms with Crippen molar-refractivity contribution in [2.75, 3.05) is 24.9 Å². The number of methoxy groups -OCH3 is 2. The van der Waals surface area contributed by atoms with Crippen molar-refractivity contribution >= 4 is 62.6 Å². The third kappa shape index (κ3) is 9.13. The first-order valence-electron chi connectivity index (χ1n) is 18.7. The molecule has 4 heterocycles. The van der Waals surface area contributed by atoms with Crippen molar-refractivity contribution in [3.8, 4) is 22.3 Å². The first kappa shape index (κ1) is 39.5. The summed E-state index contributed by atoms with van der Waals surface area (Å²) in [6.45, 7) is 5.29. The first-order valence-corrected chi connectivity index (χ1v) is 18.7. The number of pyridine rings is 2. The van der Waals surface area contributed by atoms with E-state index in [1.165, 1.54) is 30.5 Å². The van der Waals surface area contributed by atoms with E-state index in [2.05, 4.69) is 62.0 Å². The number of H-pyrrole nitrogens is 1. The number of fused-ring (bicyclic) bond motifs is 2. The summed E-state index contributed by atoms with van der Waals surface area (Å²) in [5.41, 5.74) is 8.76. The molecule has 0 atom stereocenters. The number of aromatic nitrogens is 4. The van der Waals surface area contributed by atoms with Crippen LogP contribution in [0.15, 0.2) is 146 Å². The van der Waals surface area contributed by atoms with Crippen LogP contribution in [-0.4, -0.2) is 57.4 Å². The fourth-order valence-corrected chi connectivity index (χ4v) is 6.41. The number of ether oxygens (including phenoxy) is 3. The fourth-order valence-electron chi connectivity index (χ4n) is 6.41. The van der Waals surface area contributed by atoms with Gasteiger partial charge in [-0.05, 0) is 79.4 Å². The molecule has 0 spiro atoms. The van der Waals surface area contributed by atoms with E-state index in [0.717, 1.165) is 44.7 Å². The Morgan fingerprint density at radius 2 is 1.08 bits per heavy atom. The van der Waals surface area contributed by atoms with Gasteiger partial charge in [-0.25, -0.2) is 19.0 Å².